The lowest BCUT2D eigenvalue weighted by Crippen LogP contribution is -2.03. The Balaban J connectivity index is 1.87. The van der Waals surface area contributed by atoms with E-state index >= 15 is 0 Å². The summed E-state index contributed by atoms with van der Waals surface area (Å²) in [5.41, 5.74) is 7.61. The molecule has 96 valence electrons. The molecule has 0 spiro atoms. The van der Waals surface area contributed by atoms with Crippen molar-refractivity contribution >= 4 is 5.69 Å². The monoisotopic (exact) mass is 253 g/mol. The van der Waals surface area contributed by atoms with E-state index in [1.165, 1.54) is 0 Å². The quantitative estimate of drug-likeness (QED) is 0.656. The van der Waals surface area contributed by atoms with Crippen LogP contribution in [0.5, 0.6) is 5.75 Å². The Morgan fingerprint density at radius 3 is 2.84 bits per heavy atom. The number of aryl methyl sites for hydroxylation is 1. The fraction of sp³-hybridized carbons (Fsp3) is 0.200. The van der Waals surface area contributed by atoms with Crippen molar-refractivity contribution in [3.05, 3.63) is 53.9 Å². The van der Waals surface area contributed by atoms with Crippen molar-refractivity contribution in [2.75, 3.05) is 12.3 Å². The first-order chi connectivity index (χ1) is 9.31. The van der Waals surface area contributed by atoms with E-state index in [2.05, 4.69) is 11.1 Å². The lowest BCUT2D eigenvalue weighted by Gasteiger charge is -2.08. The lowest BCUT2D eigenvalue weighted by atomic mass is 10.2. The molecule has 0 amide bonds. The van der Waals surface area contributed by atoms with Gasteiger partial charge in [0.05, 0.1) is 12.3 Å². The number of rotatable bonds is 5. The molecule has 2 rings (SSSR count). The van der Waals surface area contributed by atoms with Crippen LogP contribution in [0.4, 0.5) is 5.69 Å². The van der Waals surface area contributed by atoms with E-state index in [1.54, 1.807) is 24.4 Å². The maximum atomic E-state index is 9.01. The maximum absolute atomic E-state index is 9.01. The Morgan fingerprint density at radius 2 is 2.11 bits per heavy atom. The Bertz CT molecular complexity index is 576. The maximum Gasteiger partial charge on any atom is 0.139 e. The van der Waals surface area contributed by atoms with Crippen molar-refractivity contribution in [1.82, 2.24) is 4.98 Å². The van der Waals surface area contributed by atoms with Crippen LogP contribution in [0.25, 0.3) is 0 Å². The number of benzene rings is 1. The van der Waals surface area contributed by atoms with Gasteiger partial charge in [-0.05, 0) is 37.1 Å². The van der Waals surface area contributed by atoms with Gasteiger partial charge in [-0.15, -0.1) is 0 Å². The molecule has 0 saturated heterocycles. The summed E-state index contributed by atoms with van der Waals surface area (Å²) in [7, 11) is 0. The van der Waals surface area contributed by atoms with Crippen LogP contribution >= 0.6 is 0 Å². The van der Waals surface area contributed by atoms with E-state index in [0.717, 1.165) is 18.5 Å². The van der Waals surface area contributed by atoms with Gasteiger partial charge < -0.3 is 10.5 Å². The van der Waals surface area contributed by atoms with Crippen LogP contribution in [0, 0.1) is 11.3 Å². The van der Waals surface area contributed by atoms with Gasteiger partial charge in [0.25, 0.3) is 0 Å². The van der Waals surface area contributed by atoms with E-state index in [9.17, 15) is 0 Å². The number of nitrogens with zero attached hydrogens (tertiary/aromatic N) is 2. The minimum Gasteiger partial charge on any atom is -0.492 e. The van der Waals surface area contributed by atoms with E-state index in [-0.39, 0.29) is 0 Å². The second-order valence-electron chi connectivity index (χ2n) is 4.11. The first-order valence-electron chi connectivity index (χ1n) is 6.12. The third-order valence-electron chi connectivity index (χ3n) is 2.73. The number of hydrogen-bond acceptors (Lipinski definition) is 4. The predicted octanol–water partition coefficient (Wildman–Crippen LogP) is 2.55. The Kier molecular flexibility index (Phi) is 4.35. The summed E-state index contributed by atoms with van der Waals surface area (Å²) in [4.78, 5) is 4.24. The smallest absolute Gasteiger partial charge is 0.139 e. The van der Waals surface area contributed by atoms with E-state index in [1.807, 2.05) is 18.2 Å². The summed E-state index contributed by atoms with van der Waals surface area (Å²) in [6.45, 7) is 0.536. The van der Waals surface area contributed by atoms with Gasteiger partial charge in [0.15, 0.2) is 0 Å². The Morgan fingerprint density at radius 1 is 1.21 bits per heavy atom. The number of pyridine rings is 1. The number of nitrogen functional groups attached to an aromatic ring is 1. The van der Waals surface area contributed by atoms with Gasteiger partial charge in [0, 0.05) is 11.9 Å². The van der Waals surface area contributed by atoms with Crippen LogP contribution in [0.2, 0.25) is 0 Å². The normalized spacial score (nSPS) is 9.84. The molecule has 0 aliphatic carbocycles. The SMILES string of the molecule is N#Cc1c(N)cccc1OCCCc1ccccn1. The Hall–Kier alpha value is -2.54. The third kappa shape index (κ3) is 3.46. The van der Waals surface area contributed by atoms with Crippen LogP contribution in [-0.4, -0.2) is 11.6 Å². The van der Waals surface area contributed by atoms with Crippen LogP contribution in [0.15, 0.2) is 42.6 Å². The van der Waals surface area contributed by atoms with Crippen molar-refractivity contribution in [2.45, 2.75) is 12.8 Å². The Labute approximate surface area is 112 Å². The van der Waals surface area contributed by atoms with Crippen LogP contribution in [0.3, 0.4) is 0 Å². The molecule has 4 nitrogen and oxygen atoms in total. The highest BCUT2D eigenvalue weighted by atomic mass is 16.5. The average Bonchev–Trinajstić information content (AvgIpc) is 2.45. The summed E-state index contributed by atoms with van der Waals surface area (Å²) in [6.07, 6.45) is 3.48. The molecule has 19 heavy (non-hydrogen) atoms. The standard InChI is InChI=1S/C15H15N3O/c16-11-13-14(17)7-3-8-15(13)19-10-4-6-12-5-1-2-9-18-12/h1-3,5,7-9H,4,6,10,17H2. The van der Waals surface area contributed by atoms with E-state index in [4.69, 9.17) is 15.7 Å². The second-order valence-corrected chi connectivity index (χ2v) is 4.11. The van der Waals surface area contributed by atoms with Gasteiger partial charge in [-0.3, -0.25) is 4.98 Å². The summed E-state index contributed by atoms with van der Waals surface area (Å²) in [5.74, 6) is 0.545. The summed E-state index contributed by atoms with van der Waals surface area (Å²) in [5, 5.41) is 9.01. The molecule has 0 atom stereocenters. The zero-order chi connectivity index (χ0) is 13.5. The molecule has 0 bridgehead atoms. The van der Waals surface area contributed by atoms with E-state index in [0.29, 0.717) is 23.6 Å². The molecule has 1 aromatic heterocycles. The molecule has 0 fully saturated rings. The molecule has 2 aromatic rings. The molecule has 0 radical (unpaired) electrons. The third-order valence-corrected chi connectivity index (χ3v) is 2.73. The fourth-order valence-electron chi connectivity index (χ4n) is 1.77. The zero-order valence-corrected chi connectivity index (χ0v) is 10.5. The van der Waals surface area contributed by atoms with Crippen LogP contribution in [-0.2, 0) is 6.42 Å². The lowest BCUT2D eigenvalue weighted by molar-refractivity contribution is 0.310. The highest BCUT2D eigenvalue weighted by Gasteiger charge is 2.06. The number of hydrogen-bond donors (Lipinski definition) is 1. The fourth-order valence-corrected chi connectivity index (χ4v) is 1.77. The van der Waals surface area contributed by atoms with Crippen LogP contribution in [0.1, 0.15) is 17.7 Å². The number of nitrogens with two attached hydrogens (primary N) is 1. The molecule has 0 aliphatic heterocycles. The van der Waals surface area contributed by atoms with Gasteiger partial charge in [0.1, 0.15) is 17.4 Å². The van der Waals surface area contributed by atoms with Crippen molar-refractivity contribution in [2.24, 2.45) is 0 Å². The molecule has 2 N–H and O–H groups in total. The number of aromatic nitrogens is 1. The molecular weight excluding hydrogens is 238 g/mol. The summed E-state index contributed by atoms with van der Waals surface area (Å²) in [6, 6.07) is 13.1. The molecule has 1 aromatic carbocycles. The largest absolute Gasteiger partial charge is 0.492 e. The molecule has 0 unspecified atom stereocenters. The molecule has 0 saturated carbocycles. The molecule has 0 aliphatic rings. The highest BCUT2D eigenvalue weighted by molar-refractivity contribution is 5.60. The van der Waals surface area contributed by atoms with Gasteiger partial charge >= 0.3 is 0 Å². The van der Waals surface area contributed by atoms with Gasteiger partial charge in [0.2, 0.25) is 0 Å². The predicted molar refractivity (Wildman–Crippen MR) is 73.6 cm³/mol. The number of anilines is 1. The highest BCUT2D eigenvalue weighted by Crippen LogP contribution is 2.23. The van der Waals surface area contributed by atoms with Crippen LogP contribution < -0.4 is 10.5 Å². The van der Waals surface area contributed by atoms with Crippen molar-refractivity contribution in [1.29, 1.82) is 5.26 Å². The first-order valence-corrected chi connectivity index (χ1v) is 6.12. The van der Waals surface area contributed by atoms with Crippen molar-refractivity contribution in [3.63, 3.8) is 0 Å². The van der Waals surface area contributed by atoms with Gasteiger partial charge in [-0.25, -0.2) is 0 Å². The van der Waals surface area contributed by atoms with Gasteiger partial charge in [-0.1, -0.05) is 12.1 Å². The summed E-state index contributed by atoms with van der Waals surface area (Å²) >= 11 is 0. The van der Waals surface area contributed by atoms with Gasteiger partial charge in [-0.2, -0.15) is 5.26 Å². The molecule has 4 heteroatoms. The molecule has 1 heterocycles. The number of ether oxygens (including phenoxy) is 1. The van der Waals surface area contributed by atoms with Crippen molar-refractivity contribution in [3.8, 4) is 11.8 Å². The molecular formula is C15H15N3O. The average molecular weight is 253 g/mol. The minimum atomic E-state index is 0.403. The van der Waals surface area contributed by atoms with Crippen molar-refractivity contribution < 1.29 is 4.74 Å². The second kappa shape index (κ2) is 6.41. The topological polar surface area (TPSA) is 71.9 Å². The zero-order valence-electron chi connectivity index (χ0n) is 10.5. The minimum absolute atomic E-state index is 0.403. The number of nitriles is 1. The first kappa shape index (κ1) is 12.9. The van der Waals surface area contributed by atoms with E-state index < -0.39 is 0 Å². The summed E-state index contributed by atoms with van der Waals surface area (Å²) < 4.78 is 5.60.